The smallest absolute Gasteiger partial charge is 0.110 e. The Balaban J connectivity index is 1.14. The Bertz CT molecular complexity index is 1070. The standard InChI is InChI=1S/C32H42O8/c1-32-17-23(12-13-35-19-21-8-4-2-5-9-21)37-30(32)16-27(36-20-22-10-6-3-7-11-22)31-28(40-32)15-26-25(39-31)14-24(34)29(18-33)38-26/h2-11,23-31,33-34H,12-20H2,1H3/t23-,24-,25+,26-,27-,28+,29+,30+,31-,32-/m0/s1. The molecule has 0 spiro atoms. The van der Waals surface area contributed by atoms with Crippen LogP contribution in [0.25, 0.3) is 0 Å². The van der Waals surface area contributed by atoms with Gasteiger partial charge in [-0.25, -0.2) is 0 Å². The van der Waals surface area contributed by atoms with Crippen molar-refractivity contribution in [2.45, 2.75) is 113 Å². The van der Waals surface area contributed by atoms with Crippen molar-refractivity contribution in [1.82, 2.24) is 0 Å². The zero-order valence-corrected chi connectivity index (χ0v) is 23.2. The number of aliphatic hydroxyl groups is 2. The van der Waals surface area contributed by atoms with Gasteiger partial charge in [0.1, 0.15) is 12.2 Å². The quantitative estimate of drug-likeness (QED) is 0.455. The average molecular weight is 555 g/mol. The number of aliphatic hydroxyl groups excluding tert-OH is 2. The molecular formula is C32H42O8. The third-order valence-corrected chi connectivity index (χ3v) is 8.92. The van der Waals surface area contributed by atoms with E-state index in [1.165, 1.54) is 0 Å². The molecule has 0 unspecified atom stereocenters. The van der Waals surface area contributed by atoms with Crippen LogP contribution in [0.2, 0.25) is 0 Å². The summed E-state index contributed by atoms with van der Waals surface area (Å²) in [5.41, 5.74) is 1.78. The highest BCUT2D eigenvalue weighted by Crippen LogP contribution is 2.46. The second kappa shape index (κ2) is 12.5. The van der Waals surface area contributed by atoms with Crippen molar-refractivity contribution in [3.63, 3.8) is 0 Å². The van der Waals surface area contributed by atoms with Gasteiger partial charge in [0.2, 0.25) is 0 Å². The molecule has 2 aromatic carbocycles. The fourth-order valence-corrected chi connectivity index (χ4v) is 6.77. The molecule has 6 rings (SSSR count). The van der Waals surface area contributed by atoms with Gasteiger partial charge in [0.05, 0.1) is 68.1 Å². The Morgan fingerprint density at radius 1 is 0.850 bits per heavy atom. The van der Waals surface area contributed by atoms with Gasteiger partial charge in [-0.15, -0.1) is 0 Å². The summed E-state index contributed by atoms with van der Waals surface area (Å²) in [7, 11) is 0. The van der Waals surface area contributed by atoms with Crippen LogP contribution in [0.1, 0.15) is 50.2 Å². The molecule has 218 valence electrons. The van der Waals surface area contributed by atoms with Crippen molar-refractivity contribution >= 4 is 0 Å². The fraction of sp³-hybridized carbons (Fsp3) is 0.625. The number of benzene rings is 2. The lowest BCUT2D eigenvalue weighted by Crippen LogP contribution is -2.59. The Morgan fingerprint density at radius 3 is 2.27 bits per heavy atom. The summed E-state index contributed by atoms with van der Waals surface area (Å²) in [6.07, 6.45) is 0.504. The number of ether oxygens (including phenoxy) is 6. The van der Waals surface area contributed by atoms with Crippen LogP contribution < -0.4 is 0 Å². The lowest BCUT2D eigenvalue weighted by Gasteiger charge is -2.48. The van der Waals surface area contributed by atoms with E-state index in [0.717, 1.165) is 24.0 Å². The summed E-state index contributed by atoms with van der Waals surface area (Å²) in [5, 5.41) is 20.2. The van der Waals surface area contributed by atoms with Gasteiger partial charge in [0.15, 0.2) is 0 Å². The minimum atomic E-state index is -0.761. The first-order chi connectivity index (χ1) is 19.5. The SMILES string of the molecule is C[C@]12C[C@H](CCOCc3ccccc3)O[C@@H]1C[C@H](OCc1ccccc1)[C@@H]1O[C@@H]3C[C@H](O)[C@@H](CO)O[C@H]3C[C@H]1O2. The lowest BCUT2D eigenvalue weighted by molar-refractivity contribution is -0.276. The molecule has 2 aromatic rings. The molecule has 0 saturated carbocycles. The van der Waals surface area contributed by atoms with Crippen molar-refractivity contribution in [3.8, 4) is 0 Å². The van der Waals surface area contributed by atoms with Gasteiger partial charge in [-0.1, -0.05) is 60.7 Å². The molecule has 2 N–H and O–H groups in total. The van der Waals surface area contributed by atoms with E-state index < -0.39 is 17.8 Å². The summed E-state index contributed by atoms with van der Waals surface area (Å²) in [6.45, 7) is 3.61. The number of rotatable bonds is 9. The molecule has 4 aliphatic rings. The molecule has 4 saturated heterocycles. The maximum atomic E-state index is 10.5. The number of fused-ring (bicyclic) bond motifs is 3. The van der Waals surface area contributed by atoms with Gasteiger partial charge in [0, 0.05) is 32.3 Å². The van der Waals surface area contributed by atoms with Crippen molar-refractivity contribution in [2.24, 2.45) is 0 Å². The highest BCUT2D eigenvalue weighted by atomic mass is 16.6. The van der Waals surface area contributed by atoms with Crippen LogP contribution in [-0.2, 0) is 41.6 Å². The molecule has 0 radical (unpaired) electrons. The van der Waals surface area contributed by atoms with Crippen molar-refractivity contribution in [1.29, 1.82) is 0 Å². The summed E-state index contributed by atoms with van der Waals surface area (Å²) >= 11 is 0. The topological polar surface area (TPSA) is 95.8 Å². The van der Waals surface area contributed by atoms with E-state index in [1.54, 1.807) is 0 Å². The zero-order valence-electron chi connectivity index (χ0n) is 23.2. The van der Waals surface area contributed by atoms with E-state index in [9.17, 15) is 10.2 Å². The lowest BCUT2D eigenvalue weighted by atomic mass is 9.88. The van der Waals surface area contributed by atoms with E-state index in [4.69, 9.17) is 28.4 Å². The van der Waals surface area contributed by atoms with Gasteiger partial charge < -0.3 is 38.6 Å². The normalized spacial score (nSPS) is 39.1. The van der Waals surface area contributed by atoms with Crippen molar-refractivity contribution < 1.29 is 38.6 Å². The van der Waals surface area contributed by atoms with Crippen molar-refractivity contribution in [3.05, 3.63) is 71.8 Å². The minimum Gasteiger partial charge on any atom is -0.394 e. The largest absolute Gasteiger partial charge is 0.394 e. The van der Waals surface area contributed by atoms with Gasteiger partial charge >= 0.3 is 0 Å². The summed E-state index contributed by atoms with van der Waals surface area (Å²) in [5.74, 6) is 0. The van der Waals surface area contributed by atoms with E-state index in [1.807, 2.05) is 36.4 Å². The Hall–Kier alpha value is -1.88. The predicted molar refractivity (Wildman–Crippen MR) is 147 cm³/mol. The maximum absolute atomic E-state index is 10.5. The first kappa shape index (κ1) is 28.2. The Morgan fingerprint density at radius 2 is 1.55 bits per heavy atom. The average Bonchev–Trinajstić information content (AvgIpc) is 3.22. The monoisotopic (exact) mass is 554 g/mol. The van der Waals surface area contributed by atoms with Crippen molar-refractivity contribution in [2.75, 3.05) is 13.2 Å². The van der Waals surface area contributed by atoms with Gasteiger partial charge in [-0.2, -0.15) is 0 Å². The molecule has 0 amide bonds. The van der Waals surface area contributed by atoms with E-state index >= 15 is 0 Å². The number of hydrogen-bond acceptors (Lipinski definition) is 8. The zero-order chi connectivity index (χ0) is 27.5. The van der Waals surface area contributed by atoms with Crippen LogP contribution in [0.4, 0.5) is 0 Å². The van der Waals surface area contributed by atoms with E-state index in [-0.39, 0.29) is 49.3 Å². The van der Waals surface area contributed by atoms with E-state index in [0.29, 0.717) is 39.1 Å². The number of hydrogen-bond donors (Lipinski definition) is 2. The van der Waals surface area contributed by atoms with Crippen LogP contribution in [0, 0.1) is 0 Å². The van der Waals surface area contributed by atoms with Gasteiger partial charge in [-0.3, -0.25) is 0 Å². The molecule has 0 aliphatic carbocycles. The third kappa shape index (κ3) is 6.30. The molecule has 40 heavy (non-hydrogen) atoms. The maximum Gasteiger partial charge on any atom is 0.110 e. The Kier molecular flexibility index (Phi) is 8.86. The molecule has 0 aromatic heterocycles. The van der Waals surface area contributed by atoms with Crippen LogP contribution in [-0.4, -0.2) is 84.0 Å². The summed E-state index contributed by atoms with van der Waals surface area (Å²) in [4.78, 5) is 0. The Labute approximate surface area is 236 Å². The molecule has 4 aliphatic heterocycles. The predicted octanol–water partition coefficient (Wildman–Crippen LogP) is 3.55. The van der Waals surface area contributed by atoms with Crippen LogP contribution in [0.3, 0.4) is 0 Å². The van der Waals surface area contributed by atoms with Gasteiger partial charge in [-0.05, 0) is 24.5 Å². The van der Waals surface area contributed by atoms with Crippen LogP contribution in [0.15, 0.2) is 60.7 Å². The molecule has 10 atom stereocenters. The second-order valence-corrected chi connectivity index (χ2v) is 11.9. The molecule has 4 fully saturated rings. The first-order valence-corrected chi connectivity index (χ1v) is 14.7. The summed E-state index contributed by atoms with van der Waals surface area (Å²) < 4.78 is 38.7. The molecule has 8 nitrogen and oxygen atoms in total. The molecule has 4 heterocycles. The second-order valence-electron chi connectivity index (χ2n) is 11.9. The summed E-state index contributed by atoms with van der Waals surface area (Å²) in [6, 6.07) is 20.3. The van der Waals surface area contributed by atoms with E-state index in [2.05, 4.69) is 31.2 Å². The molecule has 8 heteroatoms. The fourth-order valence-electron chi connectivity index (χ4n) is 6.77. The molecule has 0 bridgehead atoms. The highest BCUT2D eigenvalue weighted by molar-refractivity contribution is 5.14. The highest BCUT2D eigenvalue weighted by Gasteiger charge is 2.56. The van der Waals surface area contributed by atoms with Gasteiger partial charge in [0.25, 0.3) is 0 Å². The first-order valence-electron chi connectivity index (χ1n) is 14.7. The third-order valence-electron chi connectivity index (χ3n) is 8.92. The van der Waals surface area contributed by atoms with Crippen LogP contribution >= 0.6 is 0 Å². The minimum absolute atomic E-state index is 0.0363. The molecular weight excluding hydrogens is 512 g/mol. The van der Waals surface area contributed by atoms with Crippen LogP contribution in [0.5, 0.6) is 0 Å².